The fourth-order valence-corrected chi connectivity index (χ4v) is 3.46. The molecule has 0 unspecified atom stereocenters. The highest BCUT2D eigenvalue weighted by Crippen LogP contribution is 2.23. The van der Waals surface area contributed by atoms with Gasteiger partial charge in [0.1, 0.15) is 0 Å². The number of rotatable bonds is 6. The highest BCUT2D eigenvalue weighted by atomic mass is 16.1. The molecule has 2 aromatic rings. The first kappa shape index (κ1) is 18.3. The van der Waals surface area contributed by atoms with Gasteiger partial charge in [0.2, 0.25) is 5.91 Å². The van der Waals surface area contributed by atoms with E-state index in [1.807, 2.05) is 18.2 Å². The van der Waals surface area contributed by atoms with Crippen molar-refractivity contribution in [2.24, 2.45) is 5.92 Å². The van der Waals surface area contributed by atoms with Crippen LogP contribution in [0.1, 0.15) is 18.4 Å². The van der Waals surface area contributed by atoms with Crippen LogP contribution in [0.2, 0.25) is 0 Å². The van der Waals surface area contributed by atoms with Crippen LogP contribution in [0.15, 0.2) is 54.6 Å². The van der Waals surface area contributed by atoms with Crippen molar-refractivity contribution in [1.29, 1.82) is 0 Å². The van der Waals surface area contributed by atoms with Crippen LogP contribution in [-0.4, -0.2) is 39.1 Å². The van der Waals surface area contributed by atoms with Crippen molar-refractivity contribution in [3.05, 3.63) is 60.2 Å². The molecule has 1 heterocycles. The first-order valence-electron chi connectivity index (χ1n) is 9.49. The van der Waals surface area contributed by atoms with Gasteiger partial charge in [-0.2, -0.15) is 0 Å². The van der Waals surface area contributed by atoms with Gasteiger partial charge in [0.25, 0.3) is 0 Å². The predicted molar refractivity (Wildman–Crippen MR) is 109 cm³/mol. The Hall–Kier alpha value is -2.49. The molecule has 0 atom stereocenters. The summed E-state index contributed by atoms with van der Waals surface area (Å²) in [5, 5.41) is 3.12. The molecule has 1 aliphatic rings. The van der Waals surface area contributed by atoms with Gasteiger partial charge in [-0.3, -0.25) is 4.79 Å². The van der Waals surface area contributed by atoms with Gasteiger partial charge in [0.05, 0.1) is 0 Å². The van der Waals surface area contributed by atoms with E-state index in [1.54, 1.807) is 0 Å². The zero-order valence-electron chi connectivity index (χ0n) is 15.8. The number of carbonyl (C=O) groups is 1. The quantitative estimate of drug-likeness (QED) is 0.866. The van der Waals surface area contributed by atoms with Crippen LogP contribution in [0.5, 0.6) is 0 Å². The molecule has 26 heavy (non-hydrogen) atoms. The van der Waals surface area contributed by atoms with Crippen molar-refractivity contribution < 1.29 is 4.79 Å². The normalized spacial score (nSPS) is 14.9. The van der Waals surface area contributed by atoms with Gasteiger partial charge in [0.15, 0.2) is 0 Å². The Bertz CT molecular complexity index is 691. The van der Waals surface area contributed by atoms with E-state index in [4.69, 9.17) is 0 Å². The number of piperidine rings is 1. The first-order chi connectivity index (χ1) is 12.6. The molecule has 0 aliphatic carbocycles. The van der Waals surface area contributed by atoms with Crippen LogP contribution in [0, 0.1) is 12.8 Å². The maximum atomic E-state index is 12.5. The summed E-state index contributed by atoms with van der Waals surface area (Å²) in [6.07, 6.45) is 1.85. The summed E-state index contributed by atoms with van der Waals surface area (Å²) in [4.78, 5) is 17.0. The lowest BCUT2D eigenvalue weighted by molar-refractivity contribution is -0.125. The molecule has 138 valence electrons. The molecule has 3 rings (SSSR count). The van der Waals surface area contributed by atoms with Crippen LogP contribution >= 0.6 is 0 Å². The number of carbonyl (C=O) groups excluding carboxylic acids is 1. The fraction of sp³-hybridized carbons (Fsp3) is 0.409. The van der Waals surface area contributed by atoms with Crippen molar-refractivity contribution in [2.75, 3.05) is 43.0 Å². The van der Waals surface area contributed by atoms with Crippen LogP contribution in [0.25, 0.3) is 0 Å². The Morgan fingerprint density at radius 1 is 1.08 bits per heavy atom. The Balaban J connectivity index is 1.40. The topological polar surface area (TPSA) is 35.6 Å². The van der Waals surface area contributed by atoms with Gasteiger partial charge in [-0.05, 0) is 44.0 Å². The summed E-state index contributed by atoms with van der Waals surface area (Å²) >= 11 is 0. The molecule has 0 radical (unpaired) electrons. The molecule has 0 bridgehead atoms. The van der Waals surface area contributed by atoms with E-state index in [1.165, 1.54) is 16.9 Å². The first-order valence-corrected chi connectivity index (χ1v) is 9.49. The summed E-state index contributed by atoms with van der Waals surface area (Å²) < 4.78 is 0. The van der Waals surface area contributed by atoms with E-state index in [2.05, 4.69) is 65.5 Å². The molecule has 0 spiro atoms. The van der Waals surface area contributed by atoms with Crippen LogP contribution < -0.4 is 15.1 Å². The third-order valence-corrected chi connectivity index (χ3v) is 5.21. The highest BCUT2D eigenvalue weighted by Gasteiger charge is 2.24. The Labute approximate surface area is 156 Å². The minimum atomic E-state index is 0.138. The van der Waals surface area contributed by atoms with E-state index < -0.39 is 0 Å². The van der Waals surface area contributed by atoms with Crippen molar-refractivity contribution in [2.45, 2.75) is 19.8 Å². The van der Waals surface area contributed by atoms with Crippen molar-refractivity contribution in [1.82, 2.24) is 5.32 Å². The Morgan fingerprint density at radius 3 is 2.38 bits per heavy atom. The van der Waals surface area contributed by atoms with E-state index in [0.717, 1.165) is 32.5 Å². The van der Waals surface area contributed by atoms with Gasteiger partial charge in [-0.15, -0.1) is 0 Å². The van der Waals surface area contributed by atoms with Crippen LogP contribution in [-0.2, 0) is 4.79 Å². The molecule has 4 nitrogen and oxygen atoms in total. The summed E-state index contributed by atoms with van der Waals surface area (Å²) in [5.41, 5.74) is 3.72. The number of para-hydroxylation sites is 1. The second kappa shape index (κ2) is 8.75. The number of hydrogen-bond donors (Lipinski definition) is 1. The molecular weight excluding hydrogens is 322 g/mol. The number of benzene rings is 2. The van der Waals surface area contributed by atoms with Gasteiger partial charge in [-0.25, -0.2) is 0 Å². The number of amides is 1. The van der Waals surface area contributed by atoms with Gasteiger partial charge < -0.3 is 15.1 Å². The Morgan fingerprint density at radius 2 is 1.73 bits per heavy atom. The Kier molecular flexibility index (Phi) is 6.16. The molecule has 2 aromatic carbocycles. The molecule has 1 aliphatic heterocycles. The second-order valence-electron chi connectivity index (χ2n) is 7.15. The monoisotopic (exact) mass is 351 g/mol. The standard InChI is InChI=1S/C22H29N3O/c1-18-8-10-21(11-9-18)25-15-12-19(13-16-25)22(26)23-14-17-24(2)20-6-4-3-5-7-20/h3-11,19H,12-17H2,1-2H3,(H,23,26). The average molecular weight is 351 g/mol. The molecule has 0 aromatic heterocycles. The number of nitrogens with one attached hydrogen (secondary N) is 1. The SMILES string of the molecule is Cc1ccc(N2CCC(C(=O)NCCN(C)c3ccccc3)CC2)cc1. The van der Waals surface area contributed by atoms with E-state index in [-0.39, 0.29) is 11.8 Å². The van der Waals surface area contributed by atoms with E-state index in [0.29, 0.717) is 6.54 Å². The van der Waals surface area contributed by atoms with Crippen molar-refractivity contribution in [3.63, 3.8) is 0 Å². The minimum Gasteiger partial charge on any atom is -0.373 e. The number of likely N-dealkylation sites (N-methyl/N-ethyl adjacent to an activating group) is 1. The van der Waals surface area contributed by atoms with Gasteiger partial charge in [0, 0.05) is 50.5 Å². The highest BCUT2D eigenvalue weighted by molar-refractivity contribution is 5.79. The maximum absolute atomic E-state index is 12.5. The summed E-state index contributed by atoms with van der Waals surface area (Å²) in [6, 6.07) is 18.9. The van der Waals surface area contributed by atoms with Gasteiger partial charge in [-0.1, -0.05) is 35.9 Å². The third kappa shape index (κ3) is 4.78. The van der Waals surface area contributed by atoms with Gasteiger partial charge >= 0.3 is 0 Å². The third-order valence-electron chi connectivity index (χ3n) is 5.21. The smallest absolute Gasteiger partial charge is 0.223 e. The average Bonchev–Trinajstić information content (AvgIpc) is 2.69. The molecular formula is C22H29N3O. The fourth-order valence-electron chi connectivity index (χ4n) is 3.46. The number of anilines is 2. The molecule has 1 N–H and O–H groups in total. The van der Waals surface area contributed by atoms with Crippen LogP contribution in [0.4, 0.5) is 11.4 Å². The van der Waals surface area contributed by atoms with Crippen LogP contribution in [0.3, 0.4) is 0 Å². The lowest BCUT2D eigenvalue weighted by Crippen LogP contribution is -2.42. The van der Waals surface area contributed by atoms with E-state index >= 15 is 0 Å². The largest absolute Gasteiger partial charge is 0.373 e. The summed E-state index contributed by atoms with van der Waals surface area (Å²) in [7, 11) is 2.06. The minimum absolute atomic E-state index is 0.138. The van der Waals surface area contributed by atoms with Crippen molar-refractivity contribution >= 4 is 17.3 Å². The summed E-state index contributed by atoms with van der Waals surface area (Å²) in [5.74, 6) is 0.341. The number of hydrogen-bond acceptors (Lipinski definition) is 3. The zero-order valence-corrected chi connectivity index (χ0v) is 15.8. The number of nitrogens with zero attached hydrogens (tertiary/aromatic N) is 2. The molecule has 1 fully saturated rings. The predicted octanol–water partition coefficient (Wildman–Crippen LogP) is 3.46. The maximum Gasteiger partial charge on any atom is 0.223 e. The molecule has 1 saturated heterocycles. The number of aryl methyl sites for hydroxylation is 1. The zero-order chi connectivity index (χ0) is 18.4. The van der Waals surface area contributed by atoms with Crippen molar-refractivity contribution in [3.8, 4) is 0 Å². The summed E-state index contributed by atoms with van der Waals surface area (Å²) in [6.45, 7) is 5.51. The lowest BCUT2D eigenvalue weighted by atomic mass is 9.95. The van der Waals surface area contributed by atoms with E-state index in [9.17, 15) is 4.79 Å². The molecule has 4 heteroatoms. The lowest BCUT2D eigenvalue weighted by Gasteiger charge is -2.33. The second-order valence-corrected chi connectivity index (χ2v) is 7.15. The molecule has 0 saturated carbocycles. The molecule has 1 amide bonds.